The molecule has 1 unspecified atom stereocenters. The second kappa shape index (κ2) is 5.98. The fourth-order valence-electron chi connectivity index (χ4n) is 2.15. The lowest BCUT2D eigenvalue weighted by Gasteiger charge is -2.34. The van der Waals surface area contributed by atoms with E-state index in [1.807, 2.05) is 25.1 Å². The van der Waals surface area contributed by atoms with Crippen molar-refractivity contribution in [1.82, 2.24) is 4.90 Å². The molecule has 98 valence electrons. The number of piperidine rings is 1. The topological polar surface area (TPSA) is 55.6 Å². The van der Waals surface area contributed by atoms with Crippen LogP contribution in [0.2, 0.25) is 0 Å². The SMILES string of the molecule is CC(OC(=O)c1ccccc1)N1CCC(N)CC1. The van der Waals surface area contributed by atoms with E-state index in [9.17, 15) is 4.79 Å². The Morgan fingerprint density at radius 1 is 1.33 bits per heavy atom. The van der Waals surface area contributed by atoms with E-state index in [2.05, 4.69) is 4.90 Å². The molecule has 0 aromatic heterocycles. The van der Waals surface area contributed by atoms with Crippen molar-refractivity contribution in [3.05, 3.63) is 35.9 Å². The molecule has 2 rings (SSSR count). The number of ether oxygens (including phenoxy) is 1. The Hall–Kier alpha value is -1.39. The molecule has 0 amide bonds. The lowest BCUT2D eigenvalue weighted by Crippen LogP contribution is -2.45. The van der Waals surface area contributed by atoms with Gasteiger partial charge in [0.1, 0.15) is 0 Å². The van der Waals surface area contributed by atoms with Crippen LogP contribution in [0.3, 0.4) is 0 Å². The highest BCUT2D eigenvalue weighted by Crippen LogP contribution is 2.13. The molecule has 0 radical (unpaired) electrons. The third-order valence-corrected chi connectivity index (χ3v) is 3.38. The normalized spacial score (nSPS) is 19.4. The fourth-order valence-corrected chi connectivity index (χ4v) is 2.15. The van der Waals surface area contributed by atoms with Crippen LogP contribution in [0.15, 0.2) is 30.3 Å². The predicted octanol–water partition coefficient (Wildman–Crippen LogP) is 1.61. The Kier molecular flexibility index (Phi) is 4.33. The maximum Gasteiger partial charge on any atom is 0.339 e. The van der Waals surface area contributed by atoms with E-state index in [4.69, 9.17) is 10.5 Å². The van der Waals surface area contributed by atoms with Gasteiger partial charge in [0.15, 0.2) is 6.23 Å². The molecule has 0 bridgehead atoms. The van der Waals surface area contributed by atoms with Gasteiger partial charge in [-0.1, -0.05) is 18.2 Å². The Balaban J connectivity index is 1.87. The summed E-state index contributed by atoms with van der Waals surface area (Å²) in [6.45, 7) is 3.70. The number of benzene rings is 1. The van der Waals surface area contributed by atoms with Crippen LogP contribution in [-0.2, 0) is 4.74 Å². The van der Waals surface area contributed by atoms with E-state index < -0.39 is 0 Å². The van der Waals surface area contributed by atoms with Gasteiger partial charge in [-0.15, -0.1) is 0 Å². The van der Waals surface area contributed by atoms with E-state index in [0.29, 0.717) is 11.6 Å². The molecule has 1 heterocycles. The molecule has 2 N–H and O–H groups in total. The van der Waals surface area contributed by atoms with E-state index in [-0.39, 0.29) is 12.2 Å². The van der Waals surface area contributed by atoms with E-state index in [0.717, 1.165) is 25.9 Å². The summed E-state index contributed by atoms with van der Waals surface area (Å²) in [4.78, 5) is 14.0. The molecule has 0 spiro atoms. The monoisotopic (exact) mass is 248 g/mol. The second-order valence-electron chi connectivity index (χ2n) is 4.74. The molecular formula is C14H20N2O2. The quantitative estimate of drug-likeness (QED) is 0.826. The van der Waals surface area contributed by atoms with E-state index in [1.54, 1.807) is 12.1 Å². The van der Waals surface area contributed by atoms with Crippen molar-refractivity contribution in [3.63, 3.8) is 0 Å². The Morgan fingerprint density at radius 2 is 1.94 bits per heavy atom. The van der Waals surface area contributed by atoms with Gasteiger partial charge in [0, 0.05) is 19.1 Å². The minimum Gasteiger partial charge on any atom is -0.443 e. The van der Waals surface area contributed by atoms with Crippen molar-refractivity contribution in [1.29, 1.82) is 0 Å². The smallest absolute Gasteiger partial charge is 0.339 e. The zero-order chi connectivity index (χ0) is 13.0. The summed E-state index contributed by atoms with van der Waals surface area (Å²) >= 11 is 0. The van der Waals surface area contributed by atoms with Gasteiger partial charge < -0.3 is 10.5 Å². The lowest BCUT2D eigenvalue weighted by atomic mass is 10.1. The third kappa shape index (κ3) is 3.31. The standard InChI is InChI=1S/C14H20N2O2/c1-11(16-9-7-13(15)8-10-16)18-14(17)12-5-3-2-4-6-12/h2-6,11,13H,7-10,15H2,1H3. The summed E-state index contributed by atoms with van der Waals surface area (Å²) in [5, 5.41) is 0. The first-order valence-corrected chi connectivity index (χ1v) is 6.42. The van der Waals surface area contributed by atoms with Crippen molar-refractivity contribution < 1.29 is 9.53 Å². The summed E-state index contributed by atoms with van der Waals surface area (Å²) in [6, 6.07) is 9.37. The summed E-state index contributed by atoms with van der Waals surface area (Å²) in [5.74, 6) is -0.266. The van der Waals surface area contributed by atoms with Crippen molar-refractivity contribution >= 4 is 5.97 Å². The summed E-state index contributed by atoms with van der Waals surface area (Å²) in [5.41, 5.74) is 6.45. The molecule has 1 fully saturated rings. The van der Waals surface area contributed by atoms with Gasteiger partial charge >= 0.3 is 5.97 Å². The molecule has 4 heteroatoms. The summed E-state index contributed by atoms with van der Waals surface area (Å²) in [6.07, 6.45) is 1.74. The van der Waals surface area contributed by atoms with E-state index in [1.165, 1.54) is 0 Å². The first-order valence-electron chi connectivity index (χ1n) is 6.42. The van der Waals surface area contributed by atoms with Crippen molar-refractivity contribution in [2.45, 2.75) is 32.0 Å². The van der Waals surface area contributed by atoms with Gasteiger partial charge in [0.05, 0.1) is 5.56 Å². The van der Waals surface area contributed by atoms with Gasteiger partial charge in [-0.25, -0.2) is 4.79 Å². The number of nitrogens with zero attached hydrogens (tertiary/aromatic N) is 1. The van der Waals surface area contributed by atoms with Crippen LogP contribution in [0, 0.1) is 0 Å². The van der Waals surface area contributed by atoms with Crippen LogP contribution >= 0.6 is 0 Å². The Bertz CT molecular complexity index is 386. The molecular weight excluding hydrogens is 228 g/mol. The highest BCUT2D eigenvalue weighted by atomic mass is 16.6. The first-order chi connectivity index (χ1) is 8.66. The number of rotatable bonds is 3. The van der Waals surface area contributed by atoms with Crippen LogP contribution in [0.5, 0.6) is 0 Å². The average molecular weight is 248 g/mol. The molecule has 1 aromatic rings. The molecule has 1 saturated heterocycles. The van der Waals surface area contributed by atoms with Gasteiger partial charge in [-0.3, -0.25) is 4.90 Å². The molecule has 18 heavy (non-hydrogen) atoms. The minimum atomic E-state index is -0.266. The average Bonchev–Trinajstić information content (AvgIpc) is 2.40. The number of esters is 1. The molecule has 1 aliphatic heterocycles. The molecule has 0 saturated carbocycles. The maximum atomic E-state index is 11.9. The fraction of sp³-hybridized carbons (Fsp3) is 0.500. The van der Waals surface area contributed by atoms with Crippen molar-refractivity contribution in [3.8, 4) is 0 Å². The van der Waals surface area contributed by atoms with Gasteiger partial charge in [0.25, 0.3) is 0 Å². The van der Waals surface area contributed by atoms with Crippen LogP contribution in [-0.4, -0.2) is 36.2 Å². The highest BCUT2D eigenvalue weighted by molar-refractivity contribution is 5.89. The van der Waals surface area contributed by atoms with Crippen LogP contribution in [0.25, 0.3) is 0 Å². The minimum absolute atomic E-state index is 0.190. The van der Waals surface area contributed by atoms with Crippen LogP contribution < -0.4 is 5.73 Å². The summed E-state index contributed by atoms with van der Waals surface area (Å²) in [7, 11) is 0. The number of likely N-dealkylation sites (tertiary alicyclic amines) is 1. The predicted molar refractivity (Wildman–Crippen MR) is 70.1 cm³/mol. The van der Waals surface area contributed by atoms with Crippen molar-refractivity contribution in [2.24, 2.45) is 5.73 Å². The van der Waals surface area contributed by atoms with Gasteiger partial charge in [0.2, 0.25) is 0 Å². The van der Waals surface area contributed by atoms with Crippen LogP contribution in [0.4, 0.5) is 0 Å². The first kappa shape index (κ1) is 13.1. The largest absolute Gasteiger partial charge is 0.443 e. The molecule has 0 aliphatic carbocycles. The number of hydrogen-bond acceptors (Lipinski definition) is 4. The Labute approximate surface area is 108 Å². The second-order valence-corrected chi connectivity index (χ2v) is 4.74. The van der Waals surface area contributed by atoms with Crippen molar-refractivity contribution in [2.75, 3.05) is 13.1 Å². The number of carbonyl (C=O) groups excluding carboxylic acids is 1. The third-order valence-electron chi connectivity index (χ3n) is 3.38. The highest BCUT2D eigenvalue weighted by Gasteiger charge is 2.23. The maximum absolute atomic E-state index is 11.9. The lowest BCUT2D eigenvalue weighted by molar-refractivity contribution is -0.0313. The van der Waals surface area contributed by atoms with Gasteiger partial charge in [-0.05, 0) is 31.9 Å². The van der Waals surface area contributed by atoms with Gasteiger partial charge in [-0.2, -0.15) is 0 Å². The molecule has 1 aromatic carbocycles. The Morgan fingerprint density at radius 3 is 2.56 bits per heavy atom. The van der Waals surface area contributed by atoms with Crippen LogP contribution in [0.1, 0.15) is 30.1 Å². The molecule has 1 atom stereocenters. The zero-order valence-corrected chi connectivity index (χ0v) is 10.7. The molecule has 1 aliphatic rings. The summed E-state index contributed by atoms with van der Waals surface area (Å²) < 4.78 is 5.46. The molecule has 4 nitrogen and oxygen atoms in total. The number of nitrogens with two attached hydrogens (primary N) is 1. The zero-order valence-electron chi connectivity index (χ0n) is 10.7. The number of hydrogen-bond donors (Lipinski definition) is 1. The van der Waals surface area contributed by atoms with E-state index >= 15 is 0 Å². The number of carbonyl (C=O) groups is 1.